The number of ether oxygens (including phenoxy) is 1. The Hall–Kier alpha value is -0.120. The predicted molar refractivity (Wildman–Crippen MR) is 66.7 cm³/mol. The Morgan fingerprint density at radius 1 is 1.31 bits per heavy atom. The van der Waals surface area contributed by atoms with Crippen LogP contribution >= 0.6 is 0 Å². The van der Waals surface area contributed by atoms with Crippen LogP contribution in [0.4, 0.5) is 0 Å². The standard InChI is InChI=1S/C13H26N2O/c1-13(7-3-4-8-14-13)11-15-9-5-12(16-2)6-10-15/h12,14H,3-11H2,1-2H3. The van der Waals surface area contributed by atoms with Crippen molar-refractivity contribution >= 4 is 0 Å². The predicted octanol–water partition coefficient (Wildman–Crippen LogP) is 1.63. The molecule has 2 fully saturated rings. The topological polar surface area (TPSA) is 24.5 Å². The fraction of sp³-hybridized carbons (Fsp3) is 1.00. The number of hydrogen-bond acceptors (Lipinski definition) is 3. The quantitative estimate of drug-likeness (QED) is 0.791. The third-order valence-electron chi connectivity index (χ3n) is 4.15. The minimum absolute atomic E-state index is 0.359. The molecule has 2 rings (SSSR count). The van der Waals surface area contributed by atoms with Crippen LogP contribution in [0.25, 0.3) is 0 Å². The first kappa shape index (κ1) is 12.3. The molecule has 1 N–H and O–H groups in total. The van der Waals surface area contributed by atoms with Gasteiger partial charge in [0.2, 0.25) is 0 Å². The molecule has 3 heteroatoms. The van der Waals surface area contributed by atoms with Crippen molar-refractivity contribution in [1.82, 2.24) is 10.2 Å². The Morgan fingerprint density at radius 3 is 2.62 bits per heavy atom. The number of methoxy groups -OCH3 is 1. The fourth-order valence-electron chi connectivity index (χ4n) is 3.05. The molecule has 2 saturated heterocycles. The van der Waals surface area contributed by atoms with Gasteiger partial charge < -0.3 is 15.0 Å². The van der Waals surface area contributed by atoms with E-state index in [1.807, 2.05) is 7.11 Å². The molecule has 0 amide bonds. The first-order chi connectivity index (χ1) is 7.72. The summed E-state index contributed by atoms with van der Waals surface area (Å²) in [5.74, 6) is 0. The first-order valence-corrected chi connectivity index (χ1v) is 6.72. The molecule has 0 aliphatic carbocycles. The van der Waals surface area contributed by atoms with Gasteiger partial charge in [-0.1, -0.05) is 6.42 Å². The summed E-state index contributed by atoms with van der Waals surface area (Å²) in [4.78, 5) is 2.60. The second kappa shape index (κ2) is 5.48. The van der Waals surface area contributed by atoms with Gasteiger partial charge in [0, 0.05) is 32.3 Å². The highest BCUT2D eigenvalue weighted by Crippen LogP contribution is 2.22. The van der Waals surface area contributed by atoms with Crippen LogP contribution in [-0.2, 0) is 4.74 Å². The van der Waals surface area contributed by atoms with Crippen LogP contribution in [0, 0.1) is 0 Å². The molecule has 0 saturated carbocycles. The Bertz CT molecular complexity index is 206. The van der Waals surface area contributed by atoms with E-state index in [0.29, 0.717) is 11.6 Å². The van der Waals surface area contributed by atoms with Gasteiger partial charge in [0.15, 0.2) is 0 Å². The van der Waals surface area contributed by atoms with Crippen molar-refractivity contribution in [2.45, 2.75) is 50.7 Å². The van der Waals surface area contributed by atoms with Crippen molar-refractivity contribution in [3.8, 4) is 0 Å². The second-order valence-electron chi connectivity index (χ2n) is 5.66. The van der Waals surface area contributed by atoms with Crippen LogP contribution in [0.2, 0.25) is 0 Å². The van der Waals surface area contributed by atoms with Crippen LogP contribution in [0.1, 0.15) is 39.0 Å². The largest absolute Gasteiger partial charge is 0.381 e. The number of rotatable bonds is 3. The van der Waals surface area contributed by atoms with Crippen LogP contribution in [-0.4, -0.2) is 49.8 Å². The molecule has 0 aromatic heterocycles. The molecule has 0 spiro atoms. The van der Waals surface area contributed by atoms with Crippen molar-refractivity contribution in [3.05, 3.63) is 0 Å². The Kier molecular flexibility index (Phi) is 4.22. The lowest BCUT2D eigenvalue weighted by Crippen LogP contribution is -2.55. The summed E-state index contributed by atoms with van der Waals surface area (Å²) in [6.45, 7) is 7.20. The molecule has 1 unspecified atom stereocenters. The van der Waals surface area contributed by atoms with E-state index in [0.717, 1.165) is 0 Å². The number of piperidine rings is 2. The smallest absolute Gasteiger partial charge is 0.0595 e. The van der Waals surface area contributed by atoms with E-state index in [2.05, 4.69) is 17.1 Å². The minimum atomic E-state index is 0.359. The van der Waals surface area contributed by atoms with Crippen LogP contribution < -0.4 is 5.32 Å². The molecule has 2 aliphatic heterocycles. The average Bonchev–Trinajstić information content (AvgIpc) is 2.30. The van der Waals surface area contributed by atoms with Crippen molar-refractivity contribution in [2.24, 2.45) is 0 Å². The Morgan fingerprint density at radius 2 is 2.06 bits per heavy atom. The van der Waals surface area contributed by atoms with Gasteiger partial charge in [0.25, 0.3) is 0 Å². The van der Waals surface area contributed by atoms with Gasteiger partial charge in [0.05, 0.1) is 6.10 Å². The van der Waals surface area contributed by atoms with Gasteiger partial charge in [-0.2, -0.15) is 0 Å². The highest BCUT2D eigenvalue weighted by Gasteiger charge is 2.30. The zero-order valence-electron chi connectivity index (χ0n) is 10.8. The molecular formula is C13H26N2O. The summed E-state index contributed by atoms with van der Waals surface area (Å²) in [6.07, 6.45) is 6.97. The molecule has 1 atom stereocenters. The maximum Gasteiger partial charge on any atom is 0.0595 e. The molecule has 0 radical (unpaired) electrons. The monoisotopic (exact) mass is 226 g/mol. The zero-order valence-corrected chi connectivity index (χ0v) is 10.8. The molecule has 2 heterocycles. The van der Waals surface area contributed by atoms with Gasteiger partial charge in [-0.15, -0.1) is 0 Å². The maximum atomic E-state index is 5.41. The highest BCUT2D eigenvalue weighted by molar-refractivity contribution is 4.90. The van der Waals surface area contributed by atoms with E-state index >= 15 is 0 Å². The molecule has 16 heavy (non-hydrogen) atoms. The van der Waals surface area contributed by atoms with Gasteiger partial charge in [-0.05, 0) is 39.2 Å². The third kappa shape index (κ3) is 3.19. The van der Waals surface area contributed by atoms with E-state index < -0.39 is 0 Å². The highest BCUT2D eigenvalue weighted by atomic mass is 16.5. The molecule has 3 nitrogen and oxygen atoms in total. The summed E-state index contributed by atoms with van der Waals surface area (Å²) in [5, 5.41) is 3.70. The van der Waals surface area contributed by atoms with Gasteiger partial charge in [-0.25, -0.2) is 0 Å². The number of nitrogens with one attached hydrogen (secondary N) is 1. The van der Waals surface area contributed by atoms with E-state index in [1.54, 1.807) is 0 Å². The van der Waals surface area contributed by atoms with Crippen LogP contribution in [0.15, 0.2) is 0 Å². The number of nitrogens with zero attached hydrogens (tertiary/aromatic N) is 1. The first-order valence-electron chi connectivity index (χ1n) is 6.72. The van der Waals surface area contributed by atoms with Crippen molar-refractivity contribution < 1.29 is 4.74 Å². The summed E-state index contributed by atoms with van der Waals surface area (Å²) >= 11 is 0. The zero-order chi connectivity index (χ0) is 11.4. The SMILES string of the molecule is COC1CCN(CC2(C)CCCCN2)CC1. The molecular weight excluding hydrogens is 200 g/mol. The summed E-state index contributed by atoms with van der Waals surface area (Å²) in [7, 11) is 1.84. The second-order valence-corrected chi connectivity index (χ2v) is 5.66. The molecule has 2 aliphatic rings. The lowest BCUT2D eigenvalue weighted by Gasteiger charge is -2.41. The van der Waals surface area contributed by atoms with E-state index in [4.69, 9.17) is 4.74 Å². The number of likely N-dealkylation sites (tertiary alicyclic amines) is 1. The fourth-order valence-corrected chi connectivity index (χ4v) is 3.05. The molecule has 0 aromatic carbocycles. The molecule has 0 bridgehead atoms. The summed E-state index contributed by atoms with van der Waals surface area (Å²) in [6, 6.07) is 0. The van der Waals surface area contributed by atoms with Crippen LogP contribution in [0.5, 0.6) is 0 Å². The number of hydrogen-bond donors (Lipinski definition) is 1. The van der Waals surface area contributed by atoms with Gasteiger partial charge in [0.1, 0.15) is 0 Å². The van der Waals surface area contributed by atoms with Crippen molar-refractivity contribution in [3.63, 3.8) is 0 Å². The lowest BCUT2D eigenvalue weighted by atomic mass is 9.89. The Balaban J connectivity index is 1.77. The van der Waals surface area contributed by atoms with E-state index in [1.165, 1.54) is 58.3 Å². The lowest BCUT2D eigenvalue weighted by molar-refractivity contribution is 0.0306. The average molecular weight is 226 g/mol. The van der Waals surface area contributed by atoms with Gasteiger partial charge in [-0.3, -0.25) is 0 Å². The normalized spacial score (nSPS) is 34.1. The van der Waals surface area contributed by atoms with Gasteiger partial charge >= 0.3 is 0 Å². The third-order valence-corrected chi connectivity index (χ3v) is 4.15. The summed E-state index contributed by atoms with van der Waals surface area (Å²) < 4.78 is 5.41. The minimum Gasteiger partial charge on any atom is -0.381 e. The maximum absolute atomic E-state index is 5.41. The van der Waals surface area contributed by atoms with E-state index in [-0.39, 0.29) is 0 Å². The van der Waals surface area contributed by atoms with Crippen molar-refractivity contribution in [2.75, 3.05) is 33.3 Å². The Labute approximate surface area is 99.5 Å². The van der Waals surface area contributed by atoms with E-state index in [9.17, 15) is 0 Å². The van der Waals surface area contributed by atoms with Crippen molar-refractivity contribution in [1.29, 1.82) is 0 Å². The summed E-state index contributed by atoms with van der Waals surface area (Å²) in [5.41, 5.74) is 0.359. The molecule has 0 aromatic rings. The molecule has 94 valence electrons. The van der Waals surface area contributed by atoms with Crippen LogP contribution in [0.3, 0.4) is 0 Å².